The number of nitrogens with one attached hydrogen (secondary N) is 2. The largest absolute Gasteiger partial charge is 0.497 e. The van der Waals surface area contributed by atoms with Crippen LogP contribution in [0.4, 0.5) is 0 Å². The summed E-state index contributed by atoms with van der Waals surface area (Å²) in [5.41, 5.74) is 0.499. The van der Waals surface area contributed by atoms with Crippen molar-refractivity contribution in [3.05, 3.63) is 29.8 Å². The maximum absolute atomic E-state index is 11.7. The number of benzene rings is 1. The van der Waals surface area contributed by atoms with Crippen molar-refractivity contribution in [3.8, 4) is 5.75 Å². The van der Waals surface area contributed by atoms with Crippen molar-refractivity contribution in [3.63, 3.8) is 0 Å². The zero-order valence-corrected chi connectivity index (χ0v) is 10.7. The molecule has 2 N–H and O–H groups in total. The van der Waals surface area contributed by atoms with Gasteiger partial charge in [-0.1, -0.05) is 6.92 Å². The molecule has 0 aromatic heterocycles. The van der Waals surface area contributed by atoms with Gasteiger partial charge in [-0.2, -0.15) is 0 Å². The summed E-state index contributed by atoms with van der Waals surface area (Å²) in [7, 11) is 1.56. The summed E-state index contributed by atoms with van der Waals surface area (Å²) >= 11 is 0. The van der Waals surface area contributed by atoms with Crippen LogP contribution in [0.25, 0.3) is 0 Å². The average Bonchev–Trinajstić information content (AvgIpc) is 2.42. The molecule has 2 amide bonds. The first-order valence-corrected chi connectivity index (χ1v) is 5.86. The highest BCUT2D eigenvalue weighted by Gasteiger charge is 2.07. The minimum atomic E-state index is -0.274. The van der Waals surface area contributed by atoms with Gasteiger partial charge in [0.25, 0.3) is 5.91 Å². The molecule has 5 heteroatoms. The molecular weight excluding hydrogens is 232 g/mol. The van der Waals surface area contributed by atoms with E-state index in [0.717, 1.165) is 6.42 Å². The van der Waals surface area contributed by atoms with Crippen LogP contribution in [-0.4, -0.2) is 32.0 Å². The van der Waals surface area contributed by atoms with Gasteiger partial charge in [0.1, 0.15) is 5.75 Å². The summed E-state index contributed by atoms with van der Waals surface area (Å²) in [6, 6.07) is 6.70. The molecule has 98 valence electrons. The molecule has 0 saturated carbocycles. The fourth-order valence-corrected chi connectivity index (χ4v) is 1.33. The fraction of sp³-hybridized carbons (Fsp3) is 0.385. The van der Waals surface area contributed by atoms with Gasteiger partial charge in [0, 0.05) is 12.1 Å². The van der Waals surface area contributed by atoms with Gasteiger partial charge >= 0.3 is 0 Å². The first-order valence-electron chi connectivity index (χ1n) is 5.86. The van der Waals surface area contributed by atoms with Crippen molar-refractivity contribution in [1.82, 2.24) is 10.6 Å². The molecule has 0 aliphatic carbocycles. The van der Waals surface area contributed by atoms with E-state index < -0.39 is 0 Å². The molecular formula is C13H18N2O3. The Morgan fingerprint density at radius 1 is 1.17 bits per heavy atom. The van der Waals surface area contributed by atoms with Gasteiger partial charge < -0.3 is 15.4 Å². The Hall–Kier alpha value is -2.04. The number of carbonyl (C=O) groups excluding carboxylic acids is 2. The van der Waals surface area contributed by atoms with Crippen molar-refractivity contribution in [2.45, 2.75) is 13.3 Å². The highest BCUT2D eigenvalue weighted by molar-refractivity contribution is 5.96. The van der Waals surface area contributed by atoms with Gasteiger partial charge in [-0.05, 0) is 30.7 Å². The lowest BCUT2D eigenvalue weighted by Gasteiger charge is -2.06. The normalized spacial score (nSPS) is 9.67. The quantitative estimate of drug-likeness (QED) is 0.790. The topological polar surface area (TPSA) is 67.4 Å². The molecule has 0 radical (unpaired) electrons. The predicted octanol–water partition coefficient (Wildman–Crippen LogP) is 0.951. The molecule has 0 saturated heterocycles. The molecule has 5 nitrogen and oxygen atoms in total. The van der Waals surface area contributed by atoms with Crippen LogP contribution in [0.3, 0.4) is 0 Å². The van der Waals surface area contributed by atoms with Crippen LogP contribution < -0.4 is 15.4 Å². The molecule has 1 rings (SSSR count). The monoisotopic (exact) mass is 250 g/mol. The minimum absolute atomic E-state index is 0.00906. The minimum Gasteiger partial charge on any atom is -0.497 e. The van der Waals surface area contributed by atoms with E-state index in [1.54, 1.807) is 31.4 Å². The lowest BCUT2D eigenvalue weighted by molar-refractivity contribution is -0.120. The van der Waals surface area contributed by atoms with Gasteiger partial charge in [-0.3, -0.25) is 9.59 Å². The van der Waals surface area contributed by atoms with Crippen molar-refractivity contribution in [2.24, 2.45) is 0 Å². The molecule has 0 atom stereocenters. The number of methoxy groups -OCH3 is 1. The van der Waals surface area contributed by atoms with Crippen LogP contribution in [0, 0.1) is 0 Å². The van der Waals surface area contributed by atoms with Crippen molar-refractivity contribution >= 4 is 11.8 Å². The summed E-state index contributed by atoms with van der Waals surface area (Å²) in [6.45, 7) is 2.58. The molecule has 0 aliphatic heterocycles. The molecule has 18 heavy (non-hydrogen) atoms. The summed E-state index contributed by atoms with van der Waals surface area (Å²) < 4.78 is 5.00. The first-order chi connectivity index (χ1) is 8.67. The Labute approximate surface area is 107 Å². The number of hydrogen-bond donors (Lipinski definition) is 2. The SMILES string of the molecule is CCCNC(=O)CNC(=O)c1ccc(OC)cc1. The number of amides is 2. The van der Waals surface area contributed by atoms with Crippen LogP contribution in [0.1, 0.15) is 23.7 Å². The standard InChI is InChI=1S/C13H18N2O3/c1-3-8-14-12(16)9-15-13(17)10-4-6-11(18-2)7-5-10/h4-7H,3,8-9H2,1-2H3,(H,14,16)(H,15,17). The second kappa shape index (κ2) is 7.32. The Morgan fingerprint density at radius 3 is 2.39 bits per heavy atom. The molecule has 0 spiro atoms. The van der Waals surface area contributed by atoms with Crippen LogP contribution in [-0.2, 0) is 4.79 Å². The summed E-state index contributed by atoms with van der Waals surface area (Å²) in [4.78, 5) is 23.0. The molecule has 0 bridgehead atoms. The Kier molecular flexibility index (Phi) is 5.70. The van der Waals surface area contributed by atoms with E-state index in [1.165, 1.54) is 0 Å². The Bertz CT molecular complexity index is 401. The van der Waals surface area contributed by atoms with E-state index in [-0.39, 0.29) is 18.4 Å². The van der Waals surface area contributed by atoms with Crippen LogP contribution in [0.2, 0.25) is 0 Å². The van der Waals surface area contributed by atoms with Crippen molar-refractivity contribution < 1.29 is 14.3 Å². The third-order valence-electron chi connectivity index (χ3n) is 2.33. The lowest BCUT2D eigenvalue weighted by atomic mass is 10.2. The van der Waals surface area contributed by atoms with Crippen LogP contribution in [0.15, 0.2) is 24.3 Å². The molecule has 0 heterocycles. The molecule has 1 aromatic rings. The van der Waals surface area contributed by atoms with Gasteiger partial charge in [0.15, 0.2) is 0 Å². The van der Waals surface area contributed by atoms with E-state index >= 15 is 0 Å². The molecule has 1 aromatic carbocycles. The number of carbonyl (C=O) groups is 2. The zero-order valence-electron chi connectivity index (χ0n) is 10.7. The molecule has 0 aliphatic rings. The highest BCUT2D eigenvalue weighted by atomic mass is 16.5. The van der Waals surface area contributed by atoms with E-state index in [0.29, 0.717) is 17.9 Å². The second-order valence-electron chi connectivity index (χ2n) is 3.76. The predicted molar refractivity (Wildman–Crippen MR) is 68.6 cm³/mol. The van der Waals surface area contributed by atoms with E-state index in [4.69, 9.17) is 4.74 Å². The maximum Gasteiger partial charge on any atom is 0.251 e. The summed E-state index contributed by atoms with van der Waals surface area (Å²) in [5.74, 6) is 0.232. The third kappa shape index (κ3) is 4.45. The summed E-state index contributed by atoms with van der Waals surface area (Å²) in [5, 5.41) is 5.24. The van der Waals surface area contributed by atoms with E-state index in [9.17, 15) is 9.59 Å². The smallest absolute Gasteiger partial charge is 0.251 e. The number of ether oxygens (including phenoxy) is 1. The molecule has 0 unspecified atom stereocenters. The first kappa shape index (κ1) is 14.0. The fourth-order valence-electron chi connectivity index (χ4n) is 1.33. The highest BCUT2D eigenvalue weighted by Crippen LogP contribution is 2.10. The maximum atomic E-state index is 11.7. The third-order valence-corrected chi connectivity index (χ3v) is 2.33. The molecule has 0 fully saturated rings. The number of rotatable bonds is 6. The van der Waals surface area contributed by atoms with Gasteiger partial charge in [0.2, 0.25) is 5.91 Å². The van der Waals surface area contributed by atoms with Gasteiger partial charge in [-0.15, -0.1) is 0 Å². The van der Waals surface area contributed by atoms with Crippen molar-refractivity contribution in [1.29, 1.82) is 0 Å². The Balaban J connectivity index is 2.42. The Morgan fingerprint density at radius 2 is 1.83 bits per heavy atom. The van der Waals surface area contributed by atoms with Crippen molar-refractivity contribution in [2.75, 3.05) is 20.2 Å². The summed E-state index contributed by atoms with van der Waals surface area (Å²) in [6.07, 6.45) is 0.873. The van der Waals surface area contributed by atoms with E-state index in [2.05, 4.69) is 10.6 Å². The van der Waals surface area contributed by atoms with Crippen LogP contribution in [0.5, 0.6) is 5.75 Å². The van der Waals surface area contributed by atoms with Gasteiger partial charge in [-0.25, -0.2) is 0 Å². The van der Waals surface area contributed by atoms with Gasteiger partial charge in [0.05, 0.1) is 13.7 Å². The second-order valence-corrected chi connectivity index (χ2v) is 3.76. The lowest BCUT2D eigenvalue weighted by Crippen LogP contribution is -2.37. The average molecular weight is 250 g/mol. The zero-order chi connectivity index (χ0) is 13.4. The van der Waals surface area contributed by atoms with Crippen LogP contribution >= 0.6 is 0 Å². The number of hydrogen-bond acceptors (Lipinski definition) is 3. The van der Waals surface area contributed by atoms with E-state index in [1.807, 2.05) is 6.92 Å².